The van der Waals surface area contributed by atoms with Gasteiger partial charge in [0.1, 0.15) is 0 Å². The average molecular weight is 405 g/mol. The number of hydrogen-bond donors (Lipinski definition) is 1. The van der Waals surface area contributed by atoms with Gasteiger partial charge in [-0.05, 0) is 105 Å². The average Bonchev–Trinajstić information content (AvgIpc) is 2.91. The van der Waals surface area contributed by atoms with Crippen molar-refractivity contribution >= 4 is 11.6 Å². The van der Waals surface area contributed by atoms with Gasteiger partial charge in [-0.25, -0.2) is 0 Å². The highest BCUT2D eigenvalue weighted by molar-refractivity contribution is 6.04. The lowest BCUT2D eigenvalue weighted by molar-refractivity contribution is 0.102. The highest BCUT2D eigenvalue weighted by atomic mass is 16.1. The van der Waals surface area contributed by atoms with Gasteiger partial charge in [0.2, 0.25) is 0 Å². The van der Waals surface area contributed by atoms with E-state index >= 15 is 0 Å². The number of benzene rings is 1. The Morgan fingerprint density at radius 2 is 2.10 bits per heavy atom. The van der Waals surface area contributed by atoms with Crippen LogP contribution in [0.3, 0.4) is 0 Å². The van der Waals surface area contributed by atoms with Crippen molar-refractivity contribution in [3.8, 4) is 0 Å². The smallest absolute Gasteiger partial charge is 0.255 e. The zero-order valence-electron chi connectivity index (χ0n) is 18.8. The number of aryl methyl sites for hydroxylation is 2. The minimum absolute atomic E-state index is 0.0334. The molecule has 0 saturated heterocycles. The van der Waals surface area contributed by atoms with Gasteiger partial charge < -0.3 is 5.32 Å². The van der Waals surface area contributed by atoms with E-state index in [1.807, 2.05) is 19.1 Å². The Morgan fingerprint density at radius 1 is 1.23 bits per heavy atom. The van der Waals surface area contributed by atoms with E-state index in [0.29, 0.717) is 5.41 Å². The maximum Gasteiger partial charge on any atom is 0.255 e. The molecule has 0 bridgehead atoms. The molecule has 1 aromatic carbocycles. The van der Waals surface area contributed by atoms with Gasteiger partial charge in [0.15, 0.2) is 0 Å². The van der Waals surface area contributed by atoms with Crippen molar-refractivity contribution in [2.45, 2.75) is 84.0 Å². The Kier molecular flexibility index (Phi) is 6.26. The Labute approximate surface area is 181 Å². The topological polar surface area (TPSA) is 42.0 Å². The number of amides is 1. The molecule has 1 amide bonds. The number of aromatic nitrogens is 1. The van der Waals surface area contributed by atoms with Crippen molar-refractivity contribution in [1.82, 2.24) is 4.98 Å². The van der Waals surface area contributed by atoms with Gasteiger partial charge in [0.05, 0.1) is 11.4 Å². The Hall–Kier alpha value is -2.16. The van der Waals surface area contributed by atoms with Gasteiger partial charge >= 0.3 is 0 Å². The van der Waals surface area contributed by atoms with Crippen molar-refractivity contribution in [1.29, 1.82) is 0 Å². The number of hydrogen-bond acceptors (Lipinski definition) is 2. The number of anilines is 1. The van der Waals surface area contributed by atoms with Crippen molar-refractivity contribution in [2.75, 3.05) is 5.32 Å². The minimum Gasteiger partial charge on any atom is -0.320 e. The SMILES string of the molecule is CCCC12CCC(CC)CC1CCCc1cc(C(=O)Nc3cccnc3C)ccc12. The largest absolute Gasteiger partial charge is 0.320 e. The summed E-state index contributed by atoms with van der Waals surface area (Å²) in [6.45, 7) is 6.62. The molecule has 3 nitrogen and oxygen atoms in total. The van der Waals surface area contributed by atoms with Crippen LogP contribution in [0.1, 0.15) is 92.4 Å². The molecule has 1 N–H and O–H groups in total. The summed E-state index contributed by atoms with van der Waals surface area (Å²) in [6.07, 6.45) is 13.3. The summed E-state index contributed by atoms with van der Waals surface area (Å²) in [7, 11) is 0. The molecular formula is C27H36N2O. The standard InChI is InChI=1S/C27H36N2O/c1-4-14-27-15-13-20(5-2)17-23(27)9-6-8-21-18-22(11-12-24(21)27)26(30)29-25-10-7-16-28-19(25)3/h7,10-12,16,18,20,23H,4-6,8-9,13-15,17H2,1-3H3,(H,29,30). The first-order valence-electron chi connectivity index (χ1n) is 11.9. The summed E-state index contributed by atoms with van der Waals surface area (Å²) in [5, 5.41) is 3.05. The van der Waals surface area contributed by atoms with Crippen LogP contribution in [0.15, 0.2) is 36.5 Å². The first-order valence-corrected chi connectivity index (χ1v) is 11.9. The summed E-state index contributed by atoms with van der Waals surface area (Å²) >= 11 is 0. The molecule has 3 unspecified atom stereocenters. The quantitative estimate of drug-likeness (QED) is 0.592. The Bertz CT molecular complexity index is 905. The Balaban J connectivity index is 1.65. The monoisotopic (exact) mass is 404 g/mol. The summed E-state index contributed by atoms with van der Waals surface area (Å²) in [5.41, 5.74) is 5.69. The number of rotatable bonds is 5. The van der Waals surface area contributed by atoms with Gasteiger partial charge in [0, 0.05) is 11.8 Å². The maximum atomic E-state index is 13.0. The van der Waals surface area contributed by atoms with Crippen LogP contribution in [0, 0.1) is 18.8 Å². The van der Waals surface area contributed by atoms with E-state index in [0.717, 1.165) is 35.2 Å². The minimum atomic E-state index is -0.0334. The van der Waals surface area contributed by atoms with Crippen LogP contribution >= 0.6 is 0 Å². The number of pyridine rings is 1. The number of nitrogens with zero attached hydrogens (tertiary/aromatic N) is 1. The molecule has 4 rings (SSSR count). The predicted molar refractivity (Wildman–Crippen MR) is 124 cm³/mol. The number of carbonyl (C=O) groups excluding carboxylic acids is 1. The van der Waals surface area contributed by atoms with Gasteiger partial charge in [-0.2, -0.15) is 0 Å². The summed E-state index contributed by atoms with van der Waals surface area (Å²) < 4.78 is 0. The number of carbonyl (C=O) groups is 1. The fraction of sp³-hybridized carbons (Fsp3) is 0.556. The van der Waals surface area contributed by atoms with E-state index in [-0.39, 0.29) is 5.91 Å². The normalized spacial score (nSPS) is 25.7. The van der Waals surface area contributed by atoms with Crippen molar-refractivity contribution in [3.05, 3.63) is 58.9 Å². The lowest BCUT2D eigenvalue weighted by Crippen LogP contribution is -2.40. The third-order valence-corrected chi connectivity index (χ3v) is 7.83. The third-order valence-electron chi connectivity index (χ3n) is 7.83. The molecule has 2 aliphatic rings. The van der Waals surface area contributed by atoms with Crippen LogP contribution in [-0.2, 0) is 11.8 Å². The van der Waals surface area contributed by atoms with Crippen molar-refractivity contribution in [3.63, 3.8) is 0 Å². The molecule has 3 heteroatoms. The van der Waals surface area contributed by atoms with Crippen LogP contribution in [0.4, 0.5) is 5.69 Å². The lowest BCUT2D eigenvalue weighted by atomic mass is 9.57. The number of fused-ring (bicyclic) bond motifs is 3. The van der Waals surface area contributed by atoms with Crippen LogP contribution in [0.5, 0.6) is 0 Å². The molecule has 3 atom stereocenters. The number of nitrogens with one attached hydrogen (secondary N) is 1. The fourth-order valence-electron chi connectivity index (χ4n) is 6.22. The fourth-order valence-corrected chi connectivity index (χ4v) is 6.22. The van der Waals surface area contributed by atoms with E-state index < -0.39 is 0 Å². The highest BCUT2D eigenvalue weighted by Gasteiger charge is 2.45. The van der Waals surface area contributed by atoms with Crippen molar-refractivity contribution in [2.24, 2.45) is 11.8 Å². The van der Waals surface area contributed by atoms with Crippen LogP contribution in [0.25, 0.3) is 0 Å². The molecule has 1 heterocycles. The molecule has 0 radical (unpaired) electrons. The first kappa shape index (κ1) is 21.1. The zero-order valence-corrected chi connectivity index (χ0v) is 18.8. The van der Waals surface area contributed by atoms with Gasteiger partial charge in [0.25, 0.3) is 5.91 Å². The molecule has 1 fully saturated rings. The molecule has 160 valence electrons. The molecule has 30 heavy (non-hydrogen) atoms. The van der Waals surface area contributed by atoms with E-state index in [1.54, 1.807) is 11.8 Å². The molecule has 0 spiro atoms. The van der Waals surface area contributed by atoms with Crippen LogP contribution in [0.2, 0.25) is 0 Å². The van der Waals surface area contributed by atoms with E-state index in [4.69, 9.17) is 0 Å². The lowest BCUT2D eigenvalue weighted by Gasteiger charge is -2.47. The second-order valence-corrected chi connectivity index (χ2v) is 9.51. The molecule has 1 saturated carbocycles. The van der Waals surface area contributed by atoms with Crippen molar-refractivity contribution < 1.29 is 4.79 Å². The summed E-state index contributed by atoms with van der Waals surface area (Å²) in [6, 6.07) is 10.3. The molecular weight excluding hydrogens is 368 g/mol. The maximum absolute atomic E-state index is 13.0. The van der Waals surface area contributed by atoms with Gasteiger partial charge in [-0.1, -0.05) is 32.8 Å². The summed E-state index contributed by atoms with van der Waals surface area (Å²) in [5.74, 6) is 1.67. The first-order chi connectivity index (χ1) is 14.6. The zero-order chi connectivity index (χ0) is 21.1. The Morgan fingerprint density at radius 3 is 2.87 bits per heavy atom. The molecule has 2 aliphatic carbocycles. The third kappa shape index (κ3) is 3.91. The molecule has 2 aromatic rings. The van der Waals surface area contributed by atoms with Gasteiger partial charge in [-0.15, -0.1) is 0 Å². The van der Waals surface area contributed by atoms with E-state index in [2.05, 4.69) is 42.3 Å². The second-order valence-electron chi connectivity index (χ2n) is 9.51. The summed E-state index contributed by atoms with van der Waals surface area (Å²) in [4.78, 5) is 17.3. The second kappa shape index (κ2) is 8.91. The van der Waals surface area contributed by atoms with Gasteiger partial charge in [-0.3, -0.25) is 9.78 Å². The highest BCUT2D eigenvalue weighted by Crippen LogP contribution is 2.53. The van der Waals surface area contributed by atoms with E-state index in [1.165, 1.54) is 56.9 Å². The van der Waals surface area contributed by atoms with Crippen LogP contribution in [-0.4, -0.2) is 10.9 Å². The van der Waals surface area contributed by atoms with E-state index in [9.17, 15) is 4.79 Å². The van der Waals surface area contributed by atoms with Crippen LogP contribution < -0.4 is 5.32 Å². The predicted octanol–water partition coefficient (Wildman–Crippen LogP) is 6.84. The molecule has 1 aromatic heterocycles. The molecule has 0 aliphatic heterocycles.